The summed E-state index contributed by atoms with van der Waals surface area (Å²) in [6.07, 6.45) is 0. The lowest BCUT2D eigenvalue weighted by molar-refractivity contribution is -0.114. The lowest BCUT2D eigenvalue weighted by atomic mass is 10.1. The van der Waals surface area contributed by atoms with E-state index in [2.05, 4.69) is 16.0 Å². The summed E-state index contributed by atoms with van der Waals surface area (Å²) in [6, 6.07) is 34.0. The van der Waals surface area contributed by atoms with E-state index in [1.165, 1.54) is 0 Å². The van der Waals surface area contributed by atoms with Crippen LogP contribution in [0, 0.1) is 0 Å². The molecule has 3 N–H and O–H groups in total. The summed E-state index contributed by atoms with van der Waals surface area (Å²) in [4.78, 5) is 25.1. The minimum Gasteiger partial charge on any atom is -0.487 e. The third-order valence-electron chi connectivity index (χ3n) is 5.65. The Hall–Kier alpha value is -4.58. The van der Waals surface area contributed by atoms with Crippen LogP contribution in [0.5, 0.6) is 5.75 Å². The van der Waals surface area contributed by atoms with Gasteiger partial charge < -0.3 is 20.7 Å². The molecule has 0 aliphatic carbocycles. The van der Waals surface area contributed by atoms with Crippen molar-refractivity contribution in [2.75, 3.05) is 17.2 Å². The van der Waals surface area contributed by atoms with Gasteiger partial charge >= 0.3 is 0 Å². The summed E-state index contributed by atoms with van der Waals surface area (Å²) >= 11 is 0. The second-order valence-electron chi connectivity index (χ2n) is 8.36. The fourth-order valence-corrected chi connectivity index (χ4v) is 3.65. The highest BCUT2D eigenvalue weighted by Crippen LogP contribution is 2.25. The monoisotopic (exact) mass is 479 g/mol. The Labute approximate surface area is 211 Å². The first kappa shape index (κ1) is 24.5. The van der Waals surface area contributed by atoms with Gasteiger partial charge in [0.1, 0.15) is 12.4 Å². The molecule has 4 aromatic carbocycles. The molecule has 0 saturated carbocycles. The third-order valence-corrected chi connectivity index (χ3v) is 5.65. The Kier molecular flexibility index (Phi) is 8.33. The molecule has 4 aromatic rings. The van der Waals surface area contributed by atoms with Crippen LogP contribution in [0.15, 0.2) is 109 Å². The Bertz CT molecular complexity index is 1280. The predicted octanol–water partition coefficient (Wildman–Crippen LogP) is 5.81. The minimum atomic E-state index is -0.204. The number of para-hydroxylation sites is 2. The minimum absolute atomic E-state index is 0.0730. The molecule has 0 heterocycles. The highest BCUT2D eigenvalue weighted by atomic mass is 16.5. The largest absolute Gasteiger partial charge is 0.487 e. The molecule has 0 aliphatic rings. The second-order valence-corrected chi connectivity index (χ2v) is 8.36. The predicted molar refractivity (Wildman–Crippen MR) is 143 cm³/mol. The standard InChI is InChI=1S/C30H29N3O3/c1-22(24-12-6-3-7-13-24)32-30(35)25-16-18-26(19-17-25)31-20-29(34)33-27-14-8-9-15-28(27)36-21-23-10-4-2-5-11-23/h2-19,22,31H,20-21H2,1H3,(H,32,35)(H,33,34). The molecule has 0 radical (unpaired) electrons. The van der Waals surface area contributed by atoms with Crippen LogP contribution in [0.3, 0.4) is 0 Å². The molecule has 182 valence electrons. The lowest BCUT2D eigenvalue weighted by Crippen LogP contribution is -2.26. The van der Waals surface area contributed by atoms with Crippen LogP contribution < -0.4 is 20.7 Å². The van der Waals surface area contributed by atoms with Crippen LogP contribution >= 0.6 is 0 Å². The summed E-state index contributed by atoms with van der Waals surface area (Å²) < 4.78 is 5.91. The molecule has 0 bridgehead atoms. The molecular weight excluding hydrogens is 450 g/mol. The van der Waals surface area contributed by atoms with E-state index in [0.717, 1.165) is 16.8 Å². The Morgan fingerprint density at radius 2 is 1.42 bits per heavy atom. The maximum absolute atomic E-state index is 12.6. The van der Waals surface area contributed by atoms with Gasteiger partial charge in [0.05, 0.1) is 18.3 Å². The van der Waals surface area contributed by atoms with Crippen LogP contribution in [0.2, 0.25) is 0 Å². The smallest absolute Gasteiger partial charge is 0.251 e. The molecule has 0 aliphatic heterocycles. The van der Waals surface area contributed by atoms with Crippen molar-refractivity contribution in [3.8, 4) is 5.75 Å². The van der Waals surface area contributed by atoms with Gasteiger partial charge in [0.15, 0.2) is 0 Å². The van der Waals surface area contributed by atoms with E-state index in [1.54, 1.807) is 24.3 Å². The number of rotatable bonds is 10. The number of carbonyl (C=O) groups is 2. The van der Waals surface area contributed by atoms with E-state index in [-0.39, 0.29) is 24.4 Å². The van der Waals surface area contributed by atoms with Crippen LogP contribution in [-0.4, -0.2) is 18.4 Å². The number of benzene rings is 4. The van der Waals surface area contributed by atoms with Gasteiger partial charge in [-0.3, -0.25) is 9.59 Å². The van der Waals surface area contributed by atoms with Crippen LogP contribution in [0.4, 0.5) is 11.4 Å². The van der Waals surface area contributed by atoms with Gasteiger partial charge in [-0.15, -0.1) is 0 Å². The van der Waals surface area contributed by atoms with Gasteiger partial charge in [-0.25, -0.2) is 0 Å². The average molecular weight is 480 g/mol. The number of anilines is 2. The van der Waals surface area contributed by atoms with Gasteiger partial charge in [0.25, 0.3) is 5.91 Å². The van der Waals surface area contributed by atoms with Crippen molar-refractivity contribution in [1.82, 2.24) is 5.32 Å². The first-order valence-corrected chi connectivity index (χ1v) is 11.8. The lowest BCUT2D eigenvalue weighted by Gasteiger charge is -2.15. The van der Waals surface area contributed by atoms with Crippen LogP contribution in [-0.2, 0) is 11.4 Å². The quantitative estimate of drug-likeness (QED) is 0.268. The van der Waals surface area contributed by atoms with Gasteiger partial charge in [-0.05, 0) is 54.4 Å². The number of ether oxygens (including phenoxy) is 1. The average Bonchev–Trinajstić information content (AvgIpc) is 2.92. The van der Waals surface area contributed by atoms with Crippen LogP contribution in [0.1, 0.15) is 34.5 Å². The highest BCUT2D eigenvalue weighted by molar-refractivity contribution is 5.96. The SMILES string of the molecule is CC(NC(=O)c1ccc(NCC(=O)Nc2ccccc2OCc2ccccc2)cc1)c1ccccc1. The molecule has 6 heteroatoms. The molecular formula is C30H29N3O3. The van der Waals surface area contributed by atoms with Crippen molar-refractivity contribution in [1.29, 1.82) is 0 Å². The zero-order valence-corrected chi connectivity index (χ0v) is 20.1. The summed E-state index contributed by atoms with van der Waals surface area (Å²) in [6.45, 7) is 2.44. The van der Waals surface area contributed by atoms with E-state index in [9.17, 15) is 9.59 Å². The summed E-state index contributed by atoms with van der Waals surface area (Å²) in [5.74, 6) is 0.252. The first-order valence-electron chi connectivity index (χ1n) is 11.8. The van der Waals surface area contributed by atoms with E-state index >= 15 is 0 Å². The maximum Gasteiger partial charge on any atom is 0.251 e. The van der Waals surface area contributed by atoms with E-state index in [0.29, 0.717) is 23.6 Å². The molecule has 2 amide bonds. The van der Waals surface area contributed by atoms with E-state index < -0.39 is 0 Å². The van der Waals surface area contributed by atoms with E-state index in [4.69, 9.17) is 4.74 Å². The fourth-order valence-electron chi connectivity index (χ4n) is 3.65. The van der Waals surface area contributed by atoms with Crippen molar-refractivity contribution in [3.05, 3.63) is 126 Å². The molecule has 1 unspecified atom stereocenters. The number of amides is 2. The summed E-state index contributed by atoms with van der Waals surface area (Å²) in [5, 5.41) is 8.98. The first-order chi connectivity index (χ1) is 17.6. The van der Waals surface area contributed by atoms with Gasteiger partial charge in [0, 0.05) is 11.3 Å². The number of nitrogens with one attached hydrogen (secondary N) is 3. The topological polar surface area (TPSA) is 79.5 Å². The molecule has 6 nitrogen and oxygen atoms in total. The van der Waals surface area contributed by atoms with Crippen molar-refractivity contribution in [2.45, 2.75) is 19.6 Å². The number of carbonyl (C=O) groups excluding carboxylic acids is 2. The highest BCUT2D eigenvalue weighted by Gasteiger charge is 2.12. The zero-order chi connectivity index (χ0) is 25.2. The van der Waals surface area contributed by atoms with Gasteiger partial charge in [0.2, 0.25) is 5.91 Å². The Balaban J connectivity index is 1.27. The van der Waals surface area contributed by atoms with Crippen molar-refractivity contribution >= 4 is 23.2 Å². The van der Waals surface area contributed by atoms with Crippen LogP contribution in [0.25, 0.3) is 0 Å². The maximum atomic E-state index is 12.6. The second kappa shape index (κ2) is 12.2. The summed E-state index contributed by atoms with van der Waals surface area (Å²) in [7, 11) is 0. The van der Waals surface area contributed by atoms with Gasteiger partial charge in [-0.1, -0.05) is 72.8 Å². The third kappa shape index (κ3) is 6.96. The fraction of sp³-hybridized carbons (Fsp3) is 0.133. The summed E-state index contributed by atoms with van der Waals surface area (Å²) in [5.41, 5.74) is 4.00. The molecule has 0 spiro atoms. The Morgan fingerprint density at radius 3 is 2.14 bits per heavy atom. The van der Waals surface area contributed by atoms with Gasteiger partial charge in [-0.2, -0.15) is 0 Å². The Morgan fingerprint density at radius 1 is 0.778 bits per heavy atom. The molecule has 1 atom stereocenters. The van der Waals surface area contributed by atoms with Crippen molar-refractivity contribution in [2.24, 2.45) is 0 Å². The molecule has 0 aromatic heterocycles. The van der Waals surface area contributed by atoms with Crippen molar-refractivity contribution in [3.63, 3.8) is 0 Å². The zero-order valence-electron chi connectivity index (χ0n) is 20.1. The van der Waals surface area contributed by atoms with Crippen molar-refractivity contribution < 1.29 is 14.3 Å². The molecule has 0 fully saturated rings. The normalized spacial score (nSPS) is 11.2. The van der Waals surface area contributed by atoms with E-state index in [1.807, 2.05) is 91.9 Å². The number of hydrogen-bond donors (Lipinski definition) is 3. The molecule has 4 rings (SSSR count). The molecule has 0 saturated heterocycles. The number of hydrogen-bond acceptors (Lipinski definition) is 4. The molecule has 36 heavy (non-hydrogen) atoms.